The molecule has 0 aromatic carbocycles. The van der Waals surface area contributed by atoms with Crippen molar-refractivity contribution in [3.63, 3.8) is 0 Å². The van der Waals surface area contributed by atoms with Crippen LogP contribution in [-0.4, -0.2) is 11.3 Å². The normalized spacial score (nSPS) is 18.5. The van der Waals surface area contributed by atoms with Gasteiger partial charge in [0.15, 0.2) is 0 Å². The maximum atomic E-state index is 10.4. The van der Waals surface area contributed by atoms with E-state index < -0.39 is 0 Å². The standard InChI is InChI=1S/C7H13NOS.H3N/c9-7(10)8-6-4-2-1-3-5-6;/h6H,1-5H2,(H2,8,9,10);1H3. The van der Waals surface area contributed by atoms with Crippen molar-refractivity contribution in [1.82, 2.24) is 11.5 Å². The van der Waals surface area contributed by atoms with Crippen LogP contribution in [0.3, 0.4) is 0 Å². The van der Waals surface area contributed by atoms with Gasteiger partial charge in [0.2, 0.25) is 0 Å². The second kappa shape index (κ2) is 5.32. The summed E-state index contributed by atoms with van der Waals surface area (Å²) in [5, 5.41) is 2.46. The third kappa shape index (κ3) is 4.16. The summed E-state index contributed by atoms with van der Waals surface area (Å²) in [4.78, 5) is 10.4. The fourth-order valence-corrected chi connectivity index (χ4v) is 1.58. The maximum Gasteiger partial charge on any atom is 0.0983 e. The molecule has 0 spiro atoms. The molecule has 0 aromatic heterocycles. The Morgan fingerprint density at radius 3 is 2.27 bits per heavy atom. The Morgan fingerprint density at radius 1 is 1.27 bits per heavy atom. The van der Waals surface area contributed by atoms with Crippen molar-refractivity contribution < 1.29 is 4.79 Å². The lowest BCUT2D eigenvalue weighted by Crippen LogP contribution is -2.33. The number of carbonyl (C=O) groups is 1. The lowest BCUT2D eigenvalue weighted by atomic mass is 9.96. The Kier molecular flexibility index (Phi) is 5.15. The van der Waals surface area contributed by atoms with Gasteiger partial charge in [0.05, 0.1) is 5.24 Å². The molecule has 1 fully saturated rings. The van der Waals surface area contributed by atoms with Crippen LogP contribution in [0.15, 0.2) is 0 Å². The summed E-state index contributed by atoms with van der Waals surface area (Å²) in [6.07, 6.45) is 6.01. The van der Waals surface area contributed by atoms with E-state index in [1.54, 1.807) is 0 Å². The highest BCUT2D eigenvalue weighted by Crippen LogP contribution is 2.16. The average molecular weight is 176 g/mol. The Bertz CT molecular complexity index is 124. The van der Waals surface area contributed by atoms with E-state index >= 15 is 0 Å². The van der Waals surface area contributed by atoms with Crippen molar-refractivity contribution >= 4 is 17.9 Å². The first kappa shape index (κ1) is 10.7. The Morgan fingerprint density at radius 2 is 1.82 bits per heavy atom. The molecule has 1 aliphatic carbocycles. The third-order valence-electron chi connectivity index (χ3n) is 1.93. The molecule has 5 N–H and O–H groups in total. The van der Waals surface area contributed by atoms with Gasteiger partial charge < -0.3 is 28.9 Å². The SMILES string of the molecule is O=C([S-])NC1CCCCC1.[NH4+]. The summed E-state index contributed by atoms with van der Waals surface area (Å²) < 4.78 is 0. The second-order valence-corrected chi connectivity index (χ2v) is 3.14. The van der Waals surface area contributed by atoms with Crippen LogP contribution in [0.4, 0.5) is 4.79 Å². The van der Waals surface area contributed by atoms with Crippen LogP contribution in [0.5, 0.6) is 0 Å². The van der Waals surface area contributed by atoms with Gasteiger partial charge in [-0.3, -0.25) is 0 Å². The van der Waals surface area contributed by atoms with Crippen LogP contribution in [0, 0.1) is 0 Å². The summed E-state index contributed by atoms with van der Waals surface area (Å²) in [5.41, 5.74) is 0. The summed E-state index contributed by atoms with van der Waals surface area (Å²) in [6, 6.07) is 0.374. The molecule has 0 aliphatic heterocycles. The van der Waals surface area contributed by atoms with E-state index in [2.05, 4.69) is 17.9 Å². The number of nitrogens with one attached hydrogen (secondary N) is 1. The highest BCUT2D eigenvalue weighted by atomic mass is 32.1. The first-order valence-corrected chi connectivity index (χ1v) is 4.17. The van der Waals surface area contributed by atoms with Gasteiger partial charge in [0.1, 0.15) is 0 Å². The molecule has 1 rings (SSSR count). The first-order valence-electron chi connectivity index (χ1n) is 3.76. The Labute approximate surface area is 72.9 Å². The smallest absolute Gasteiger partial charge is 0.0983 e. The number of rotatable bonds is 1. The van der Waals surface area contributed by atoms with Crippen molar-refractivity contribution in [3.05, 3.63) is 0 Å². The lowest BCUT2D eigenvalue weighted by Gasteiger charge is -2.24. The zero-order chi connectivity index (χ0) is 7.40. The molecule has 0 bridgehead atoms. The van der Waals surface area contributed by atoms with E-state index in [1.807, 2.05) is 0 Å². The largest absolute Gasteiger partial charge is 0.719 e. The van der Waals surface area contributed by atoms with Crippen LogP contribution in [0.25, 0.3) is 0 Å². The van der Waals surface area contributed by atoms with Gasteiger partial charge >= 0.3 is 0 Å². The number of carbonyl (C=O) groups excluding carboxylic acids is 1. The minimum absolute atomic E-state index is 0. The maximum absolute atomic E-state index is 10.4. The van der Waals surface area contributed by atoms with E-state index in [1.165, 1.54) is 19.3 Å². The summed E-state index contributed by atoms with van der Waals surface area (Å²) in [5.74, 6) is 0. The molecule has 0 unspecified atom stereocenters. The molecule has 0 radical (unpaired) electrons. The summed E-state index contributed by atoms with van der Waals surface area (Å²) in [6.45, 7) is 0. The zero-order valence-corrected chi connectivity index (χ0v) is 7.75. The van der Waals surface area contributed by atoms with E-state index in [0.717, 1.165) is 12.8 Å². The van der Waals surface area contributed by atoms with Crippen molar-refractivity contribution in [2.24, 2.45) is 0 Å². The third-order valence-corrected chi connectivity index (χ3v) is 2.04. The minimum Gasteiger partial charge on any atom is -0.719 e. The molecule has 66 valence electrons. The first-order chi connectivity index (χ1) is 4.79. The number of hydrogen-bond donors (Lipinski definition) is 2. The highest BCUT2D eigenvalue weighted by Gasteiger charge is 2.11. The molecule has 1 saturated carbocycles. The van der Waals surface area contributed by atoms with Crippen molar-refractivity contribution in [1.29, 1.82) is 0 Å². The van der Waals surface area contributed by atoms with E-state index in [0.29, 0.717) is 6.04 Å². The van der Waals surface area contributed by atoms with Gasteiger partial charge in [-0.05, 0) is 12.8 Å². The molecule has 0 heterocycles. The lowest BCUT2D eigenvalue weighted by molar-refractivity contribution is 0.253. The fraction of sp³-hybridized carbons (Fsp3) is 0.857. The molecule has 11 heavy (non-hydrogen) atoms. The van der Waals surface area contributed by atoms with Gasteiger partial charge in [-0.25, -0.2) is 0 Å². The van der Waals surface area contributed by atoms with Gasteiger partial charge in [-0.2, -0.15) is 0 Å². The van der Waals surface area contributed by atoms with Crippen LogP contribution >= 0.6 is 0 Å². The van der Waals surface area contributed by atoms with Gasteiger partial charge in [0.25, 0.3) is 0 Å². The highest BCUT2D eigenvalue weighted by molar-refractivity contribution is 7.76. The van der Waals surface area contributed by atoms with E-state index in [9.17, 15) is 4.79 Å². The monoisotopic (exact) mass is 176 g/mol. The molecular weight excluding hydrogens is 160 g/mol. The van der Waals surface area contributed by atoms with Crippen molar-refractivity contribution in [3.8, 4) is 0 Å². The molecule has 0 atom stereocenters. The van der Waals surface area contributed by atoms with Gasteiger partial charge in [-0.15, -0.1) is 0 Å². The van der Waals surface area contributed by atoms with Gasteiger partial charge in [0, 0.05) is 6.04 Å². The molecule has 3 nitrogen and oxygen atoms in total. The summed E-state index contributed by atoms with van der Waals surface area (Å²) in [7, 11) is 0. The van der Waals surface area contributed by atoms with E-state index in [-0.39, 0.29) is 11.4 Å². The second-order valence-electron chi connectivity index (χ2n) is 2.77. The zero-order valence-electron chi connectivity index (χ0n) is 6.93. The van der Waals surface area contributed by atoms with Crippen LogP contribution in [-0.2, 0) is 12.6 Å². The van der Waals surface area contributed by atoms with Crippen LogP contribution in [0.1, 0.15) is 32.1 Å². The minimum atomic E-state index is -0.299. The van der Waals surface area contributed by atoms with Crippen LogP contribution in [0.2, 0.25) is 0 Å². The topological polar surface area (TPSA) is 65.6 Å². The van der Waals surface area contributed by atoms with Crippen molar-refractivity contribution in [2.75, 3.05) is 0 Å². The number of hydrogen-bond acceptors (Lipinski definition) is 2. The predicted octanol–water partition coefficient (Wildman–Crippen LogP) is 1.95. The van der Waals surface area contributed by atoms with Crippen molar-refractivity contribution in [2.45, 2.75) is 38.1 Å². The quantitative estimate of drug-likeness (QED) is 0.600. The number of quaternary nitrogens is 1. The van der Waals surface area contributed by atoms with E-state index in [4.69, 9.17) is 0 Å². The molecule has 0 saturated heterocycles. The summed E-state index contributed by atoms with van der Waals surface area (Å²) >= 11 is 4.41. The Balaban J connectivity index is 0.000001000. The molecular formula is C7H16N2OS. The molecule has 0 aromatic rings. The predicted molar refractivity (Wildman–Crippen MR) is 48.8 cm³/mol. The number of amides is 1. The van der Waals surface area contributed by atoms with Crippen LogP contribution < -0.4 is 11.5 Å². The Hall–Kier alpha value is -0.350. The molecule has 4 heteroatoms. The molecule has 1 amide bonds. The van der Waals surface area contributed by atoms with Gasteiger partial charge in [-0.1, -0.05) is 19.3 Å². The molecule has 1 aliphatic rings. The average Bonchev–Trinajstić information content (AvgIpc) is 1.88. The fourth-order valence-electron chi connectivity index (χ4n) is 1.41.